The van der Waals surface area contributed by atoms with Gasteiger partial charge in [0, 0.05) is 31.5 Å². The van der Waals surface area contributed by atoms with Crippen LogP contribution in [-0.2, 0) is 18.6 Å². The van der Waals surface area contributed by atoms with Crippen LogP contribution in [0.25, 0.3) is 0 Å². The largest absolute Gasteiger partial charge is 0.481 e. The number of piperidine rings is 1. The number of hydrogen-bond acceptors (Lipinski definition) is 3. The minimum atomic E-state index is -0.353. The average Bonchev–Trinajstić information content (AvgIpc) is 3.17. The third-order valence-corrected chi connectivity index (χ3v) is 6.90. The molecule has 2 aliphatic rings. The molecule has 5 rings (SSSR count). The van der Waals surface area contributed by atoms with Crippen molar-refractivity contribution in [2.45, 2.75) is 44.2 Å². The van der Waals surface area contributed by atoms with E-state index in [1.165, 1.54) is 18.4 Å². The highest BCUT2D eigenvalue weighted by Gasteiger charge is 2.42. The highest BCUT2D eigenvalue weighted by atomic mass is 16.5. The van der Waals surface area contributed by atoms with Crippen molar-refractivity contribution >= 4 is 6.29 Å². The first kappa shape index (κ1) is 20.1. The molecule has 0 atom stereocenters. The number of carbonyl (C=O) groups is 1. The van der Waals surface area contributed by atoms with E-state index in [9.17, 15) is 4.79 Å². The van der Waals surface area contributed by atoms with Gasteiger partial charge in [0.25, 0.3) is 0 Å². The highest BCUT2D eigenvalue weighted by molar-refractivity contribution is 5.73. The van der Waals surface area contributed by atoms with Crippen LogP contribution in [0.3, 0.4) is 0 Å². The van der Waals surface area contributed by atoms with Crippen LogP contribution >= 0.6 is 0 Å². The Balaban J connectivity index is 1.26. The van der Waals surface area contributed by atoms with E-state index < -0.39 is 0 Å². The van der Waals surface area contributed by atoms with E-state index in [-0.39, 0.29) is 5.60 Å². The molecule has 2 aliphatic heterocycles. The van der Waals surface area contributed by atoms with Crippen molar-refractivity contribution in [3.8, 4) is 5.75 Å². The molecule has 3 aromatic rings. The van der Waals surface area contributed by atoms with Gasteiger partial charge in [0.05, 0.1) is 17.9 Å². The molecule has 160 valence electrons. The second-order valence-electron chi connectivity index (χ2n) is 8.84. The monoisotopic (exact) mass is 414 g/mol. The summed E-state index contributed by atoms with van der Waals surface area (Å²) in [5, 5.41) is 0. The van der Waals surface area contributed by atoms with Crippen LogP contribution in [-0.4, -0.2) is 35.4 Å². The van der Waals surface area contributed by atoms with Gasteiger partial charge in [-0.25, -0.2) is 0 Å². The summed E-state index contributed by atoms with van der Waals surface area (Å²) in [4.78, 5) is 14.2. The zero-order valence-corrected chi connectivity index (χ0v) is 18.0. The first-order valence-electron chi connectivity index (χ1n) is 11.5. The van der Waals surface area contributed by atoms with E-state index in [1.54, 1.807) is 0 Å². The lowest BCUT2D eigenvalue weighted by Crippen LogP contribution is -2.46. The van der Waals surface area contributed by atoms with Crippen molar-refractivity contribution in [3.63, 3.8) is 0 Å². The highest BCUT2D eigenvalue weighted by Crippen LogP contribution is 2.42. The number of carbonyl (C=O) groups excluding carboxylic acids is 1. The third kappa shape index (κ3) is 4.05. The molecule has 4 heteroatoms. The van der Waals surface area contributed by atoms with Gasteiger partial charge in [0.1, 0.15) is 5.75 Å². The lowest BCUT2D eigenvalue weighted by atomic mass is 9.87. The second kappa shape index (κ2) is 8.72. The Morgan fingerprint density at radius 2 is 1.68 bits per heavy atom. The van der Waals surface area contributed by atoms with Gasteiger partial charge < -0.3 is 14.2 Å². The zero-order valence-electron chi connectivity index (χ0n) is 18.0. The molecule has 31 heavy (non-hydrogen) atoms. The lowest BCUT2D eigenvalue weighted by Gasteiger charge is -2.41. The van der Waals surface area contributed by atoms with Gasteiger partial charge in [0.2, 0.25) is 0 Å². The summed E-state index contributed by atoms with van der Waals surface area (Å²) in [5.41, 5.74) is 4.10. The summed E-state index contributed by atoms with van der Waals surface area (Å²) in [5.74, 6) is 0.958. The van der Waals surface area contributed by atoms with Crippen LogP contribution in [0.5, 0.6) is 5.75 Å². The van der Waals surface area contributed by atoms with Gasteiger partial charge in [-0.2, -0.15) is 0 Å². The minimum absolute atomic E-state index is 0.353. The number of nitrogens with zero attached hydrogens (tertiary/aromatic N) is 2. The molecule has 0 unspecified atom stereocenters. The van der Waals surface area contributed by atoms with Crippen molar-refractivity contribution in [2.24, 2.45) is 0 Å². The molecule has 0 aliphatic carbocycles. The molecule has 1 aromatic heterocycles. The maximum Gasteiger partial charge on any atom is 0.166 e. The molecule has 4 nitrogen and oxygen atoms in total. The summed E-state index contributed by atoms with van der Waals surface area (Å²) in [6, 6.07) is 23.1. The Morgan fingerprint density at radius 1 is 0.903 bits per heavy atom. The van der Waals surface area contributed by atoms with Crippen molar-refractivity contribution in [2.75, 3.05) is 19.6 Å². The second-order valence-corrected chi connectivity index (χ2v) is 8.84. The molecule has 0 saturated carbocycles. The van der Waals surface area contributed by atoms with E-state index in [4.69, 9.17) is 4.74 Å². The van der Waals surface area contributed by atoms with Gasteiger partial charge in [-0.05, 0) is 49.6 Å². The van der Waals surface area contributed by atoms with Crippen LogP contribution in [0.1, 0.15) is 53.0 Å². The van der Waals surface area contributed by atoms with Crippen LogP contribution < -0.4 is 4.74 Å². The molecule has 0 amide bonds. The number of hydrogen-bond donors (Lipinski definition) is 0. The Hall–Kier alpha value is -2.85. The van der Waals surface area contributed by atoms with E-state index in [0.29, 0.717) is 6.54 Å². The van der Waals surface area contributed by atoms with Crippen molar-refractivity contribution in [1.29, 1.82) is 0 Å². The first-order chi connectivity index (χ1) is 15.3. The van der Waals surface area contributed by atoms with Gasteiger partial charge in [-0.3, -0.25) is 4.79 Å². The summed E-state index contributed by atoms with van der Waals surface area (Å²) < 4.78 is 8.90. The smallest absolute Gasteiger partial charge is 0.166 e. The topological polar surface area (TPSA) is 34.5 Å². The number of para-hydroxylation sites is 1. The summed E-state index contributed by atoms with van der Waals surface area (Å²) >= 11 is 0. The fourth-order valence-corrected chi connectivity index (χ4v) is 5.13. The third-order valence-electron chi connectivity index (χ3n) is 6.90. The van der Waals surface area contributed by atoms with E-state index in [1.807, 2.05) is 18.2 Å². The van der Waals surface area contributed by atoms with Crippen molar-refractivity contribution in [1.82, 2.24) is 9.47 Å². The maximum atomic E-state index is 11.7. The van der Waals surface area contributed by atoms with E-state index in [0.717, 1.165) is 67.9 Å². The standard InChI is InChI=1S/C27H30N2O2/c30-21-24-13-14-26-27(31-25-12-5-4-11-23(25)20-29(24)26)15-18-28(19-16-27)17-7-6-10-22-8-2-1-3-9-22/h1-5,8-9,11-14,21H,6-7,10,15-20H2. The molecule has 1 saturated heterocycles. The summed E-state index contributed by atoms with van der Waals surface area (Å²) in [6.45, 7) is 3.88. The number of aryl methyl sites for hydroxylation is 1. The number of likely N-dealkylation sites (tertiary alicyclic amines) is 1. The molecule has 0 radical (unpaired) electrons. The normalized spacial score (nSPS) is 17.4. The molecule has 1 fully saturated rings. The number of rotatable bonds is 6. The van der Waals surface area contributed by atoms with Gasteiger partial charge >= 0.3 is 0 Å². The fourth-order valence-electron chi connectivity index (χ4n) is 5.13. The molecule has 0 N–H and O–H groups in total. The SMILES string of the molecule is O=Cc1ccc2n1Cc1ccccc1OC21CCN(CCCCc2ccccc2)CC1. The minimum Gasteiger partial charge on any atom is -0.481 e. The molecule has 3 heterocycles. The Bertz CT molecular complexity index is 1030. The fraction of sp³-hybridized carbons (Fsp3) is 0.370. The van der Waals surface area contributed by atoms with Gasteiger partial charge in [0.15, 0.2) is 11.9 Å². The van der Waals surface area contributed by atoms with Gasteiger partial charge in [-0.15, -0.1) is 0 Å². The summed E-state index contributed by atoms with van der Waals surface area (Å²) in [7, 11) is 0. The average molecular weight is 415 g/mol. The van der Waals surface area contributed by atoms with Crippen LogP contribution in [0.4, 0.5) is 0 Å². The Morgan fingerprint density at radius 3 is 2.48 bits per heavy atom. The van der Waals surface area contributed by atoms with E-state index in [2.05, 4.69) is 58.0 Å². The van der Waals surface area contributed by atoms with Gasteiger partial charge in [-0.1, -0.05) is 48.5 Å². The number of fused-ring (bicyclic) bond motifs is 3. The number of aromatic nitrogens is 1. The molecular weight excluding hydrogens is 384 g/mol. The van der Waals surface area contributed by atoms with Crippen LogP contribution in [0.15, 0.2) is 66.7 Å². The first-order valence-corrected chi connectivity index (χ1v) is 11.5. The quantitative estimate of drug-likeness (QED) is 0.418. The molecule has 0 bridgehead atoms. The van der Waals surface area contributed by atoms with Crippen LogP contribution in [0, 0.1) is 0 Å². The number of benzene rings is 2. The zero-order chi connectivity index (χ0) is 21.1. The summed E-state index contributed by atoms with van der Waals surface area (Å²) in [6.07, 6.45) is 6.45. The van der Waals surface area contributed by atoms with Crippen molar-refractivity contribution < 1.29 is 9.53 Å². The van der Waals surface area contributed by atoms with Crippen molar-refractivity contribution in [3.05, 3.63) is 89.2 Å². The number of unbranched alkanes of at least 4 members (excludes halogenated alkanes) is 1. The number of aldehydes is 1. The molecule has 1 spiro atoms. The van der Waals surface area contributed by atoms with Crippen LogP contribution in [0.2, 0.25) is 0 Å². The Labute approximate surface area is 184 Å². The maximum absolute atomic E-state index is 11.7. The molecule has 2 aromatic carbocycles. The van der Waals surface area contributed by atoms with E-state index >= 15 is 0 Å². The number of ether oxygens (including phenoxy) is 1. The predicted octanol–water partition coefficient (Wildman–Crippen LogP) is 5.06. The lowest BCUT2D eigenvalue weighted by molar-refractivity contribution is -0.00633. The predicted molar refractivity (Wildman–Crippen MR) is 123 cm³/mol. The Kier molecular flexibility index (Phi) is 5.65. The molecular formula is C27H30N2O2.